The van der Waals surface area contributed by atoms with Crippen molar-refractivity contribution in [2.75, 3.05) is 11.1 Å². The van der Waals surface area contributed by atoms with Gasteiger partial charge in [0.25, 0.3) is 0 Å². The molecule has 0 aliphatic heterocycles. The maximum Gasteiger partial charge on any atom is 0.228 e. The number of hydrogen-bond acceptors (Lipinski definition) is 6. The summed E-state index contributed by atoms with van der Waals surface area (Å²) in [6.45, 7) is 0.620. The van der Waals surface area contributed by atoms with E-state index in [-0.39, 0.29) is 5.95 Å². The molecule has 0 bridgehead atoms. The molecule has 20 heavy (non-hydrogen) atoms. The summed E-state index contributed by atoms with van der Waals surface area (Å²) in [5.41, 5.74) is 7.60. The third-order valence-corrected chi connectivity index (χ3v) is 2.73. The van der Waals surface area contributed by atoms with Crippen molar-refractivity contribution in [2.45, 2.75) is 6.54 Å². The minimum Gasteiger partial charge on any atom is -0.472 e. The number of hydrogen-bond donors (Lipinski definition) is 2. The first-order chi connectivity index (χ1) is 9.81. The van der Waals surface area contributed by atoms with Crippen LogP contribution in [0.5, 0.6) is 0 Å². The van der Waals surface area contributed by atoms with Crippen LogP contribution in [0.3, 0.4) is 0 Å². The molecule has 0 amide bonds. The Morgan fingerprint density at radius 1 is 1.05 bits per heavy atom. The summed E-state index contributed by atoms with van der Waals surface area (Å²) in [6, 6.07) is 11.8. The van der Waals surface area contributed by atoms with Crippen LogP contribution >= 0.6 is 0 Å². The summed E-state index contributed by atoms with van der Waals surface area (Å²) < 4.78 is 5.02. The van der Waals surface area contributed by atoms with Crippen molar-refractivity contribution in [3.8, 4) is 11.4 Å². The number of furan rings is 1. The van der Waals surface area contributed by atoms with E-state index in [4.69, 9.17) is 10.2 Å². The number of aromatic nitrogens is 3. The number of benzene rings is 1. The lowest BCUT2D eigenvalue weighted by molar-refractivity contribution is 0.568. The molecule has 2 heterocycles. The van der Waals surface area contributed by atoms with E-state index >= 15 is 0 Å². The van der Waals surface area contributed by atoms with Gasteiger partial charge in [0.2, 0.25) is 11.9 Å². The highest BCUT2D eigenvalue weighted by Crippen LogP contribution is 2.17. The SMILES string of the molecule is Nc1nc(NCc2ccccc2)nc(-c2ccoc2)n1. The van der Waals surface area contributed by atoms with Gasteiger partial charge in [-0.15, -0.1) is 0 Å². The Balaban J connectivity index is 1.80. The highest BCUT2D eigenvalue weighted by molar-refractivity contribution is 5.55. The van der Waals surface area contributed by atoms with Crippen LogP contribution in [0.2, 0.25) is 0 Å². The number of nitrogens with two attached hydrogens (primary N) is 1. The standard InChI is InChI=1S/C14H13N5O/c15-13-17-12(11-6-7-20-9-11)18-14(19-13)16-8-10-4-2-1-3-5-10/h1-7,9H,8H2,(H3,15,16,17,18,19). The van der Waals surface area contributed by atoms with Crippen LogP contribution < -0.4 is 11.1 Å². The first kappa shape index (κ1) is 12.2. The number of nitrogens with zero attached hydrogens (tertiary/aromatic N) is 3. The molecular formula is C14H13N5O. The Bertz CT molecular complexity index is 682. The molecule has 3 rings (SSSR count). The molecule has 1 aromatic carbocycles. The Kier molecular flexibility index (Phi) is 3.28. The van der Waals surface area contributed by atoms with Crippen molar-refractivity contribution < 1.29 is 4.42 Å². The van der Waals surface area contributed by atoms with Crippen LogP contribution in [0.25, 0.3) is 11.4 Å². The van der Waals surface area contributed by atoms with Crippen molar-refractivity contribution in [2.24, 2.45) is 0 Å². The van der Waals surface area contributed by atoms with Crippen LogP contribution in [0.1, 0.15) is 5.56 Å². The fourth-order valence-corrected chi connectivity index (χ4v) is 1.77. The maximum atomic E-state index is 5.70. The highest BCUT2D eigenvalue weighted by Gasteiger charge is 2.07. The zero-order chi connectivity index (χ0) is 13.8. The molecule has 0 saturated heterocycles. The molecular weight excluding hydrogens is 254 g/mol. The van der Waals surface area contributed by atoms with Gasteiger partial charge in [-0.1, -0.05) is 30.3 Å². The first-order valence-corrected chi connectivity index (χ1v) is 6.13. The third kappa shape index (κ3) is 2.74. The average molecular weight is 267 g/mol. The number of rotatable bonds is 4. The molecule has 3 N–H and O–H groups in total. The van der Waals surface area contributed by atoms with Gasteiger partial charge in [0.1, 0.15) is 6.26 Å². The molecule has 6 nitrogen and oxygen atoms in total. The van der Waals surface area contributed by atoms with E-state index in [1.165, 1.54) is 0 Å². The molecule has 0 radical (unpaired) electrons. The van der Waals surface area contributed by atoms with E-state index in [1.54, 1.807) is 18.6 Å². The second-order valence-electron chi connectivity index (χ2n) is 4.19. The maximum absolute atomic E-state index is 5.70. The molecule has 0 aliphatic rings. The van der Waals surface area contributed by atoms with Crippen molar-refractivity contribution in [1.29, 1.82) is 0 Å². The largest absolute Gasteiger partial charge is 0.472 e. The van der Waals surface area contributed by atoms with E-state index < -0.39 is 0 Å². The van der Waals surface area contributed by atoms with Crippen LogP contribution in [-0.4, -0.2) is 15.0 Å². The average Bonchev–Trinajstić information content (AvgIpc) is 3.00. The predicted molar refractivity (Wildman–Crippen MR) is 75.7 cm³/mol. The minimum absolute atomic E-state index is 0.173. The fourth-order valence-electron chi connectivity index (χ4n) is 1.77. The lowest BCUT2D eigenvalue weighted by Gasteiger charge is -2.06. The zero-order valence-electron chi connectivity index (χ0n) is 10.7. The van der Waals surface area contributed by atoms with Gasteiger partial charge in [-0.25, -0.2) is 0 Å². The van der Waals surface area contributed by atoms with Crippen LogP contribution in [0, 0.1) is 0 Å². The number of nitrogen functional groups attached to an aromatic ring is 1. The van der Waals surface area contributed by atoms with Gasteiger partial charge in [-0.3, -0.25) is 0 Å². The summed E-state index contributed by atoms with van der Waals surface area (Å²) >= 11 is 0. The summed E-state index contributed by atoms with van der Waals surface area (Å²) in [5.74, 6) is 1.10. The van der Waals surface area contributed by atoms with E-state index in [0.29, 0.717) is 18.3 Å². The van der Waals surface area contributed by atoms with Gasteiger partial charge in [0, 0.05) is 6.54 Å². The lowest BCUT2D eigenvalue weighted by Crippen LogP contribution is -2.07. The number of anilines is 2. The quantitative estimate of drug-likeness (QED) is 0.754. The summed E-state index contributed by atoms with van der Waals surface area (Å²) in [5, 5.41) is 3.13. The molecule has 0 saturated carbocycles. The molecule has 0 fully saturated rings. The first-order valence-electron chi connectivity index (χ1n) is 6.13. The minimum atomic E-state index is 0.173. The van der Waals surface area contributed by atoms with Crippen molar-refractivity contribution in [1.82, 2.24) is 15.0 Å². The van der Waals surface area contributed by atoms with Gasteiger partial charge in [0.15, 0.2) is 5.82 Å². The van der Waals surface area contributed by atoms with E-state index in [0.717, 1.165) is 11.1 Å². The third-order valence-electron chi connectivity index (χ3n) is 2.73. The van der Waals surface area contributed by atoms with E-state index in [9.17, 15) is 0 Å². The second-order valence-corrected chi connectivity index (χ2v) is 4.19. The zero-order valence-corrected chi connectivity index (χ0v) is 10.7. The monoisotopic (exact) mass is 267 g/mol. The van der Waals surface area contributed by atoms with E-state index in [1.807, 2.05) is 30.3 Å². The fraction of sp³-hybridized carbons (Fsp3) is 0.0714. The predicted octanol–water partition coefficient (Wildman–Crippen LogP) is 2.33. The van der Waals surface area contributed by atoms with Crippen molar-refractivity contribution in [3.63, 3.8) is 0 Å². The second kappa shape index (κ2) is 5.40. The van der Waals surface area contributed by atoms with Crippen molar-refractivity contribution >= 4 is 11.9 Å². The van der Waals surface area contributed by atoms with Crippen LogP contribution in [0.4, 0.5) is 11.9 Å². The van der Waals surface area contributed by atoms with Gasteiger partial charge in [0.05, 0.1) is 11.8 Å². The van der Waals surface area contributed by atoms with Gasteiger partial charge in [-0.05, 0) is 11.6 Å². The molecule has 0 aliphatic carbocycles. The Morgan fingerprint density at radius 3 is 2.65 bits per heavy atom. The highest BCUT2D eigenvalue weighted by atomic mass is 16.3. The van der Waals surface area contributed by atoms with Gasteiger partial charge in [-0.2, -0.15) is 15.0 Å². The van der Waals surface area contributed by atoms with Gasteiger partial charge >= 0.3 is 0 Å². The van der Waals surface area contributed by atoms with Gasteiger partial charge < -0.3 is 15.5 Å². The summed E-state index contributed by atoms with van der Waals surface area (Å²) in [7, 11) is 0. The van der Waals surface area contributed by atoms with Crippen molar-refractivity contribution in [3.05, 3.63) is 54.5 Å². The summed E-state index contributed by atoms with van der Waals surface area (Å²) in [6.07, 6.45) is 3.13. The lowest BCUT2D eigenvalue weighted by atomic mass is 10.2. The molecule has 0 atom stereocenters. The molecule has 0 spiro atoms. The number of nitrogens with one attached hydrogen (secondary N) is 1. The smallest absolute Gasteiger partial charge is 0.228 e. The normalized spacial score (nSPS) is 10.4. The molecule has 100 valence electrons. The Hall–Kier alpha value is -2.89. The van der Waals surface area contributed by atoms with Crippen LogP contribution in [-0.2, 0) is 6.54 Å². The topological polar surface area (TPSA) is 89.9 Å². The summed E-state index contributed by atoms with van der Waals surface area (Å²) in [4.78, 5) is 12.5. The molecule has 0 unspecified atom stereocenters. The molecule has 6 heteroatoms. The Morgan fingerprint density at radius 2 is 1.90 bits per heavy atom. The van der Waals surface area contributed by atoms with Crippen LogP contribution in [0.15, 0.2) is 53.3 Å². The van der Waals surface area contributed by atoms with E-state index in [2.05, 4.69) is 20.3 Å². The molecule has 3 aromatic rings. The molecule has 2 aromatic heterocycles. The Labute approximate surface area is 115 Å².